The molecular weight excluding hydrogens is 334 g/mol. The molecule has 3 N–H and O–H groups in total. The third kappa shape index (κ3) is 4.97. The molecule has 2 aromatic rings. The number of amides is 1. The van der Waals surface area contributed by atoms with Crippen molar-refractivity contribution in [2.24, 2.45) is 5.73 Å². The van der Waals surface area contributed by atoms with Gasteiger partial charge in [0.15, 0.2) is 0 Å². The van der Waals surface area contributed by atoms with Crippen LogP contribution in [0.3, 0.4) is 0 Å². The SMILES string of the molecule is Cl.NCc1ccc(C(=O)NCc2ccccc2N2CCCCC2)cc1. The molecule has 1 aliphatic rings. The molecule has 0 spiro atoms. The van der Waals surface area contributed by atoms with E-state index in [9.17, 15) is 4.79 Å². The number of rotatable bonds is 5. The Morgan fingerprint density at radius 2 is 1.68 bits per heavy atom. The second kappa shape index (κ2) is 9.44. The van der Waals surface area contributed by atoms with Crippen molar-refractivity contribution in [2.45, 2.75) is 32.4 Å². The molecule has 0 aliphatic carbocycles. The van der Waals surface area contributed by atoms with Crippen molar-refractivity contribution >= 4 is 24.0 Å². The van der Waals surface area contributed by atoms with Gasteiger partial charge < -0.3 is 16.0 Å². The van der Waals surface area contributed by atoms with Gasteiger partial charge in [-0.3, -0.25) is 4.79 Å². The van der Waals surface area contributed by atoms with Crippen molar-refractivity contribution in [3.05, 3.63) is 65.2 Å². The average Bonchev–Trinajstić information content (AvgIpc) is 2.67. The van der Waals surface area contributed by atoms with Gasteiger partial charge in [0.05, 0.1) is 0 Å². The Balaban J connectivity index is 0.00000225. The van der Waals surface area contributed by atoms with Crippen LogP contribution in [0.25, 0.3) is 0 Å². The molecule has 4 nitrogen and oxygen atoms in total. The van der Waals surface area contributed by atoms with E-state index in [1.165, 1.54) is 30.5 Å². The van der Waals surface area contributed by atoms with Crippen molar-refractivity contribution in [1.82, 2.24) is 5.32 Å². The highest BCUT2D eigenvalue weighted by atomic mass is 35.5. The van der Waals surface area contributed by atoms with E-state index in [2.05, 4.69) is 28.4 Å². The molecule has 2 aromatic carbocycles. The largest absolute Gasteiger partial charge is 0.371 e. The van der Waals surface area contributed by atoms with Gasteiger partial charge in [-0.2, -0.15) is 0 Å². The number of halogens is 1. The van der Waals surface area contributed by atoms with Gasteiger partial charge in [0.1, 0.15) is 0 Å². The fourth-order valence-corrected chi connectivity index (χ4v) is 3.17. The van der Waals surface area contributed by atoms with Gasteiger partial charge in [-0.1, -0.05) is 30.3 Å². The number of nitrogens with two attached hydrogens (primary N) is 1. The zero-order valence-electron chi connectivity index (χ0n) is 14.4. The van der Waals surface area contributed by atoms with Crippen LogP contribution >= 0.6 is 12.4 Å². The van der Waals surface area contributed by atoms with E-state index in [1.54, 1.807) is 0 Å². The minimum Gasteiger partial charge on any atom is -0.371 e. The second-order valence-electron chi connectivity index (χ2n) is 6.26. The maximum absolute atomic E-state index is 12.3. The topological polar surface area (TPSA) is 58.4 Å². The molecule has 0 aromatic heterocycles. The Kier molecular flexibility index (Phi) is 7.29. The third-order valence-corrected chi connectivity index (χ3v) is 4.58. The fourth-order valence-electron chi connectivity index (χ4n) is 3.17. The van der Waals surface area contributed by atoms with Crippen molar-refractivity contribution < 1.29 is 4.79 Å². The predicted molar refractivity (Wildman–Crippen MR) is 105 cm³/mol. The summed E-state index contributed by atoms with van der Waals surface area (Å²) in [5, 5.41) is 3.04. The first-order chi connectivity index (χ1) is 11.8. The number of anilines is 1. The lowest BCUT2D eigenvalue weighted by atomic mass is 10.1. The molecule has 1 amide bonds. The Morgan fingerprint density at radius 1 is 1.00 bits per heavy atom. The van der Waals surface area contributed by atoms with Crippen LogP contribution in [-0.4, -0.2) is 19.0 Å². The molecule has 1 heterocycles. The number of carbonyl (C=O) groups excluding carboxylic acids is 1. The minimum atomic E-state index is -0.0491. The Labute approximate surface area is 155 Å². The zero-order chi connectivity index (χ0) is 16.8. The number of carbonyl (C=O) groups is 1. The number of nitrogens with one attached hydrogen (secondary N) is 1. The summed E-state index contributed by atoms with van der Waals surface area (Å²) in [5.74, 6) is -0.0491. The number of para-hydroxylation sites is 1. The lowest BCUT2D eigenvalue weighted by Crippen LogP contribution is -2.31. The first-order valence-electron chi connectivity index (χ1n) is 8.68. The van der Waals surface area contributed by atoms with Crippen LogP contribution in [0.2, 0.25) is 0 Å². The monoisotopic (exact) mass is 359 g/mol. The van der Waals surface area contributed by atoms with Crippen LogP contribution in [0.4, 0.5) is 5.69 Å². The van der Waals surface area contributed by atoms with Gasteiger partial charge >= 0.3 is 0 Å². The molecule has 1 aliphatic heterocycles. The first kappa shape index (κ1) is 19.3. The second-order valence-corrected chi connectivity index (χ2v) is 6.26. The van der Waals surface area contributed by atoms with E-state index in [0.29, 0.717) is 18.7 Å². The van der Waals surface area contributed by atoms with Gasteiger partial charge in [-0.25, -0.2) is 0 Å². The highest BCUT2D eigenvalue weighted by Crippen LogP contribution is 2.24. The van der Waals surface area contributed by atoms with E-state index >= 15 is 0 Å². The molecule has 0 unspecified atom stereocenters. The van der Waals surface area contributed by atoms with Gasteiger partial charge in [0, 0.05) is 37.4 Å². The van der Waals surface area contributed by atoms with Crippen molar-refractivity contribution in [3.63, 3.8) is 0 Å². The molecule has 0 saturated carbocycles. The molecule has 0 bridgehead atoms. The summed E-state index contributed by atoms with van der Waals surface area (Å²) < 4.78 is 0. The molecular formula is C20H26ClN3O. The maximum Gasteiger partial charge on any atom is 0.251 e. The molecule has 5 heteroatoms. The number of nitrogens with zero attached hydrogens (tertiary/aromatic N) is 1. The van der Waals surface area contributed by atoms with Crippen LogP contribution in [0.1, 0.15) is 40.7 Å². The van der Waals surface area contributed by atoms with Crippen LogP contribution in [0.15, 0.2) is 48.5 Å². The lowest BCUT2D eigenvalue weighted by molar-refractivity contribution is 0.0951. The molecule has 1 saturated heterocycles. The van der Waals surface area contributed by atoms with Gasteiger partial charge in [0.25, 0.3) is 5.91 Å². The Hall–Kier alpha value is -2.04. The van der Waals surface area contributed by atoms with E-state index in [-0.39, 0.29) is 18.3 Å². The molecule has 25 heavy (non-hydrogen) atoms. The smallest absolute Gasteiger partial charge is 0.251 e. The highest BCUT2D eigenvalue weighted by Gasteiger charge is 2.14. The van der Waals surface area contributed by atoms with Crippen LogP contribution in [0, 0.1) is 0 Å². The molecule has 3 rings (SSSR count). The Bertz CT molecular complexity index is 682. The highest BCUT2D eigenvalue weighted by molar-refractivity contribution is 5.94. The summed E-state index contributed by atoms with van der Waals surface area (Å²) in [7, 11) is 0. The molecule has 0 radical (unpaired) electrons. The summed E-state index contributed by atoms with van der Waals surface area (Å²) in [6.07, 6.45) is 3.80. The number of hydrogen-bond acceptors (Lipinski definition) is 3. The van der Waals surface area contributed by atoms with Crippen molar-refractivity contribution in [3.8, 4) is 0 Å². The van der Waals surface area contributed by atoms with Crippen molar-refractivity contribution in [1.29, 1.82) is 0 Å². The summed E-state index contributed by atoms with van der Waals surface area (Å²) in [6, 6.07) is 15.8. The van der Waals surface area contributed by atoms with Crippen molar-refractivity contribution in [2.75, 3.05) is 18.0 Å². The van der Waals surface area contributed by atoms with Gasteiger partial charge in [0.2, 0.25) is 0 Å². The molecule has 1 fully saturated rings. The van der Waals surface area contributed by atoms with E-state index in [0.717, 1.165) is 18.7 Å². The van der Waals surface area contributed by atoms with Crippen LogP contribution in [0.5, 0.6) is 0 Å². The zero-order valence-corrected chi connectivity index (χ0v) is 15.2. The van der Waals surface area contributed by atoms with E-state index < -0.39 is 0 Å². The van der Waals surface area contributed by atoms with Crippen LogP contribution < -0.4 is 16.0 Å². The fraction of sp³-hybridized carbons (Fsp3) is 0.350. The summed E-state index contributed by atoms with van der Waals surface area (Å²) in [6.45, 7) is 3.24. The number of piperidine rings is 1. The van der Waals surface area contributed by atoms with Gasteiger partial charge in [-0.05, 0) is 48.6 Å². The van der Waals surface area contributed by atoms with Gasteiger partial charge in [-0.15, -0.1) is 12.4 Å². The summed E-state index contributed by atoms with van der Waals surface area (Å²) in [5.41, 5.74) is 9.71. The first-order valence-corrected chi connectivity index (χ1v) is 8.68. The quantitative estimate of drug-likeness (QED) is 0.859. The van der Waals surface area contributed by atoms with E-state index in [4.69, 9.17) is 5.73 Å². The average molecular weight is 360 g/mol. The Morgan fingerprint density at radius 3 is 2.36 bits per heavy atom. The summed E-state index contributed by atoms with van der Waals surface area (Å²) in [4.78, 5) is 14.8. The minimum absolute atomic E-state index is 0. The standard InChI is InChI=1S/C20H25N3O.ClH/c21-14-16-8-10-17(11-9-16)20(24)22-15-18-6-2-3-7-19(18)23-12-4-1-5-13-23;/h2-3,6-11H,1,4-5,12-15,21H2,(H,22,24);1H. The number of hydrogen-bond donors (Lipinski definition) is 2. The van der Waals surface area contributed by atoms with Crippen LogP contribution in [-0.2, 0) is 13.1 Å². The summed E-state index contributed by atoms with van der Waals surface area (Å²) >= 11 is 0. The lowest BCUT2D eigenvalue weighted by Gasteiger charge is -2.30. The normalized spacial score (nSPS) is 13.9. The molecule has 134 valence electrons. The third-order valence-electron chi connectivity index (χ3n) is 4.58. The van der Waals surface area contributed by atoms with E-state index in [1.807, 2.05) is 30.3 Å². The maximum atomic E-state index is 12.3. The predicted octanol–water partition coefficient (Wildman–Crippen LogP) is 3.49. The molecule has 0 atom stereocenters. The number of benzene rings is 2.